The summed E-state index contributed by atoms with van der Waals surface area (Å²) in [7, 11) is 1.51. The van der Waals surface area contributed by atoms with E-state index in [1.54, 1.807) is 6.92 Å². The maximum atomic E-state index is 11.0. The van der Waals surface area contributed by atoms with Gasteiger partial charge in [0.05, 0.1) is 6.04 Å². The van der Waals surface area contributed by atoms with Crippen molar-refractivity contribution in [1.29, 1.82) is 0 Å². The number of hydrogen-bond donors (Lipinski definition) is 0. The van der Waals surface area contributed by atoms with E-state index in [0.717, 1.165) is 0 Å². The lowest BCUT2D eigenvalue weighted by Gasteiger charge is -2.21. The van der Waals surface area contributed by atoms with Gasteiger partial charge in [-0.15, -0.1) is 0 Å². The fourth-order valence-corrected chi connectivity index (χ4v) is 0.755. The van der Waals surface area contributed by atoms with E-state index < -0.39 is 11.8 Å². The van der Waals surface area contributed by atoms with E-state index in [1.807, 2.05) is 0 Å². The molecule has 1 atom stereocenters. The van der Waals surface area contributed by atoms with Crippen LogP contribution in [0.4, 0.5) is 0 Å². The van der Waals surface area contributed by atoms with Crippen molar-refractivity contribution in [3.63, 3.8) is 0 Å². The Hall–Kier alpha value is -1.19. The van der Waals surface area contributed by atoms with Crippen molar-refractivity contribution in [2.24, 2.45) is 0 Å². The SMILES string of the molecule is CCC(=O)N(C)C(C)C(=O)C=O. The first kappa shape index (κ1) is 10.8. The van der Waals surface area contributed by atoms with Gasteiger partial charge >= 0.3 is 0 Å². The standard InChI is InChI=1S/C8H13NO3/c1-4-8(12)9(3)6(2)7(11)5-10/h5-6H,4H2,1-3H3. The van der Waals surface area contributed by atoms with Crippen molar-refractivity contribution in [2.75, 3.05) is 7.05 Å². The summed E-state index contributed by atoms with van der Waals surface area (Å²) >= 11 is 0. The molecule has 1 unspecified atom stereocenters. The van der Waals surface area contributed by atoms with Gasteiger partial charge in [0, 0.05) is 13.5 Å². The highest BCUT2D eigenvalue weighted by molar-refractivity contribution is 6.27. The summed E-state index contributed by atoms with van der Waals surface area (Å²) in [5.41, 5.74) is 0. The number of rotatable bonds is 4. The molecule has 0 fully saturated rings. The Morgan fingerprint density at radius 3 is 2.33 bits per heavy atom. The molecule has 1 amide bonds. The van der Waals surface area contributed by atoms with Gasteiger partial charge < -0.3 is 4.90 Å². The predicted molar refractivity (Wildman–Crippen MR) is 43.6 cm³/mol. The van der Waals surface area contributed by atoms with Gasteiger partial charge in [-0.05, 0) is 6.92 Å². The molecule has 0 spiro atoms. The summed E-state index contributed by atoms with van der Waals surface area (Å²) in [4.78, 5) is 33.2. The molecule has 0 heterocycles. The van der Waals surface area contributed by atoms with Crippen LogP contribution in [0.1, 0.15) is 20.3 Å². The first-order chi connectivity index (χ1) is 5.54. The molecule has 0 aromatic heterocycles. The van der Waals surface area contributed by atoms with Gasteiger partial charge in [-0.3, -0.25) is 14.4 Å². The van der Waals surface area contributed by atoms with Gasteiger partial charge in [0.1, 0.15) is 0 Å². The van der Waals surface area contributed by atoms with Crippen LogP contribution in [-0.4, -0.2) is 36.0 Å². The second-order valence-electron chi connectivity index (χ2n) is 2.55. The van der Waals surface area contributed by atoms with Crippen LogP contribution in [0.3, 0.4) is 0 Å². The third-order valence-electron chi connectivity index (χ3n) is 1.80. The van der Waals surface area contributed by atoms with Crippen molar-refractivity contribution in [3.8, 4) is 0 Å². The fourth-order valence-electron chi connectivity index (χ4n) is 0.755. The van der Waals surface area contributed by atoms with Gasteiger partial charge in [-0.1, -0.05) is 6.92 Å². The minimum Gasteiger partial charge on any atom is -0.336 e. The average molecular weight is 171 g/mol. The Labute approximate surface area is 71.5 Å². The quantitative estimate of drug-likeness (QED) is 0.442. The van der Waals surface area contributed by atoms with Crippen molar-refractivity contribution in [2.45, 2.75) is 26.3 Å². The highest BCUT2D eigenvalue weighted by atomic mass is 16.2. The molecular weight excluding hydrogens is 158 g/mol. The summed E-state index contributed by atoms with van der Waals surface area (Å²) in [6.45, 7) is 3.24. The largest absolute Gasteiger partial charge is 0.336 e. The third-order valence-corrected chi connectivity index (χ3v) is 1.80. The van der Waals surface area contributed by atoms with Crippen LogP contribution in [-0.2, 0) is 14.4 Å². The molecule has 0 aliphatic rings. The Kier molecular flexibility index (Phi) is 4.18. The average Bonchev–Trinajstić information content (AvgIpc) is 2.12. The van der Waals surface area contributed by atoms with Crippen molar-refractivity contribution < 1.29 is 14.4 Å². The Morgan fingerprint density at radius 2 is 2.00 bits per heavy atom. The molecule has 0 radical (unpaired) electrons. The lowest BCUT2D eigenvalue weighted by Crippen LogP contribution is -2.40. The van der Waals surface area contributed by atoms with Crippen LogP contribution >= 0.6 is 0 Å². The normalized spacial score (nSPS) is 11.9. The summed E-state index contributed by atoms with van der Waals surface area (Å²) < 4.78 is 0. The topological polar surface area (TPSA) is 54.5 Å². The smallest absolute Gasteiger partial charge is 0.222 e. The first-order valence-corrected chi connectivity index (χ1v) is 3.79. The minimum atomic E-state index is -0.644. The number of hydrogen-bond acceptors (Lipinski definition) is 3. The molecular formula is C8H13NO3. The summed E-state index contributed by atoms with van der Waals surface area (Å²) in [5.74, 6) is -0.711. The molecule has 0 aromatic carbocycles. The van der Waals surface area contributed by atoms with Crippen LogP contribution in [0.2, 0.25) is 0 Å². The number of likely N-dealkylation sites (N-methyl/N-ethyl adjacent to an activating group) is 1. The minimum absolute atomic E-state index is 0.141. The third kappa shape index (κ3) is 2.45. The van der Waals surface area contributed by atoms with Crippen molar-refractivity contribution in [3.05, 3.63) is 0 Å². The highest BCUT2D eigenvalue weighted by Crippen LogP contribution is 1.98. The van der Waals surface area contributed by atoms with E-state index in [0.29, 0.717) is 6.42 Å². The molecule has 12 heavy (non-hydrogen) atoms. The van der Waals surface area contributed by atoms with E-state index in [-0.39, 0.29) is 12.2 Å². The maximum Gasteiger partial charge on any atom is 0.222 e. The monoisotopic (exact) mass is 171 g/mol. The Balaban J connectivity index is 4.27. The van der Waals surface area contributed by atoms with Crippen LogP contribution < -0.4 is 0 Å². The number of ketones is 1. The molecule has 4 nitrogen and oxygen atoms in total. The molecule has 0 bridgehead atoms. The molecule has 0 saturated carbocycles. The van der Waals surface area contributed by atoms with Gasteiger partial charge in [-0.25, -0.2) is 0 Å². The molecule has 0 aliphatic heterocycles. The van der Waals surface area contributed by atoms with Crippen LogP contribution in [0.5, 0.6) is 0 Å². The summed E-state index contributed by atoms with van der Waals surface area (Å²) in [6, 6.07) is -0.644. The zero-order valence-corrected chi connectivity index (χ0v) is 7.53. The first-order valence-electron chi connectivity index (χ1n) is 3.79. The number of carbonyl (C=O) groups excluding carboxylic acids is 3. The zero-order chi connectivity index (χ0) is 9.72. The number of Topliss-reactive ketones (excluding diaryl/α,β-unsaturated/α-hetero) is 1. The second-order valence-corrected chi connectivity index (χ2v) is 2.55. The van der Waals surface area contributed by atoms with Crippen LogP contribution in [0.25, 0.3) is 0 Å². The Bertz CT molecular complexity index is 200. The molecule has 0 aromatic rings. The molecule has 0 N–H and O–H groups in total. The molecule has 0 saturated heterocycles. The van der Waals surface area contributed by atoms with Gasteiger partial charge in [0.15, 0.2) is 6.29 Å². The fraction of sp³-hybridized carbons (Fsp3) is 0.625. The lowest BCUT2D eigenvalue weighted by molar-refractivity contribution is -0.139. The van der Waals surface area contributed by atoms with E-state index in [4.69, 9.17) is 0 Å². The van der Waals surface area contributed by atoms with Crippen molar-refractivity contribution >= 4 is 18.0 Å². The molecule has 4 heteroatoms. The summed E-state index contributed by atoms with van der Waals surface area (Å²) in [5, 5.41) is 0. The summed E-state index contributed by atoms with van der Waals surface area (Å²) in [6.07, 6.45) is 0.580. The van der Waals surface area contributed by atoms with E-state index in [9.17, 15) is 14.4 Å². The van der Waals surface area contributed by atoms with Gasteiger partial charge in [0.25, 0.3) is 0 Å². The number of nitrogens with zero attached hydrogens (tertiary/aromatic N) is 1. The Morgan fingerprint density at radius 1 is 1.50 bits per heavy atom. The lowest BCUT2D eigenvalue weighted by atomic mass is 10.2. The molecule has 68 valence electrons. The van der Waals surface area contributed by atoms with Crippen LogP contribution in [0.15, 0.2) is 0 Å². The second kappa shape index (κ2) is 4.64. The number of carbonyl (C=O) groups is 3. The number of aldehydes is 1. The van der Waals surface area contributed by atoms with Crippen molar-refractivity contribution in [1.82, 2.24) is 4.90 Å². The number of amides is 1. The molecule has 0 rings (SSSR count). The maximum absolute atomic E-state index is 11.0. The highest BCUT2D eigenvalue weighted by Gasteiger charge is 2.19. The zero-order valence-electron chi connectivity index (χ0n) is 7.53. The molecule has 0 aliphatic carbocycles. The van der Waals surface area contributed by atoms with Gasteiger partial charge in [-0.2, -0.15) is 0 Å². The van der Waals surface area contributed by atoms with Crippen LogP contribution in [0, 0.1) is 0 Å². The predicted octanol–water partition coefficient (Wildman–Crippen LogP) is 0.0113. The van der Waals surface area contributed by atoms with Gasteiger partial charge in [0.2, 0.25) is 11.7 Å². The van der Waals surface area contributed by atoms with E-state index >= 15 is 0 Å². The van der Waals surface area contributed by atoms with E-state index in [1.165, 1.54) is 18.9 Å². The van der Waals surface area contributed by atoms with E-state index in [2.05, 4.69) is 0 Å².